The summed E-state index contributed by atoms with van der Waals surface area (Å²) in [5, 5.41) is 3.66. The van der Waals surface area contributed by atoms with Crippen LogP contribution in [0.2, 0.25) is 0 Å². The van der Waals surface area contributed by atoms with Gasteiger partial charge < -0.3 is 10.2 Å². The third-order valence-electron chi connectivity index (χ3n) is 5.70. The largest absolute Gasteiger partial charge is 0.365 e. The molecule has 0 radical (unpaired) electrons. The van der Waals surface area contributed by atoms with E-state index in [1.165, 1.54) is 12.8 Å². The lowest BCUT2D eigenvalue weighted by atomic mass is 9.85. The second-order valence-corrected chi connectivity index (χ2v) is 8.16. The standard InChI is InChI=1S/C19H28F3N2P/c1-11-10-24(17-6-4-3-5-16(17)23-11)13-7-8-14(12(2)19(22)25)15(9-13)18(20)21/h7-9,11-12,16-19,23H,3-6,10,25H2,1-2H3. The molecule has 6 heteroatoms. The number of anilines is 1. The zero-order chi connectivity index (χ0) is 18.1. The van der Waals surface area contributed by atoms with Crippen LogP contribution in [0.25, 0.3) is 0 Å². The third-order valence-corrected chi connectivity index (χ3v) is 6.28. The van der Waals surface area contributed by atoms with Crippen molar-refractivity contribution in [3.8, 4) is 0 Å². The molecule has 6 atom stereocenters. The van der Waals surface area contributed by atoms with E-state index in [0.29, 0.717) is 23.7 Å². The molecule has 0 spiro atoms. The van der Waals surface area contributed by atoms with Gasteiger partial charge in [-0.05, 0) is 37.5 Å². The Balaban J connectivity index is 1.94. The SMILES string of the molecule is CC1CN(c2ccc(C(C)C(F)P)c(C(F)F)c2)C2CCCCC2N1. The molecule has 2 nitrogen and oxygen atoms in total. The molecule has 0 amide bonds. The molecule has 0 bridgehead atoms. The van der Waals surface area contributed by atoms with Gasteiger partial charge in [-0.15, -0.1) is 9.24 Å². The molecule has 6 unspecified atom stereocenters. The van der Waals surface area contributed by atoms with Gasteiger partial charge in [0, 0.05) is 41.8 Å². The Labute approximate surface area is 150 Å². The van der Waals surface area contributed by atoms with E-state index in [2.05, 4.69) is 26.4 Å². The number of alkyl halides is 3. The summed E-state index contributed by atoms with van der Waals surface area (Å²) in [7, 11) is 2.07. The van der Waals surface area contributed by atoms with Crippen LogP contribution in [-0.2, 0) is 0 Å². The third kappa shape index (κ3) is 3.98. The highest BCUT2D eigenvalue weighted by Gasteiger charge is 2.36. The fourth-order valence-corrected chi connectivity index (χ4v) is 4.55. The smallest absolute Gasteiger partial charge is 0.264 e. The zero-order valence-electron chi connectivity index (χ0n) is 14.9. The van der Waals surface area contributed by atoms with Gasteiger partial charge in [-0.1, -0.05) is 25.8 Å². The molecule has 1 aliphatic carbocycles. The van der Waals surface area contributed by atoms with E-state index in [4.69, 9.17) is 0 Å². The Morgan fingerprint density at radius 2 is 1.88 bits per heavy atom. The van der Waals surface area contributed by atoms with E-state index in [1.54, 1.807) is 19.1 Å². The zero-order valence-corrected chi connectivity index (χ0v) is 16.0. The van der Waals surface area contributed by atoms with E-state index in [0.717, 1.165) is 25.1 Å². The summed E-state index contributed by atoms with van der Waals surface area (Å²) in [6.07, 6.45) is 2.04. The second-order valence-electron chi connectivity index (χ2n) is 7.53. The van der Waals surface area contributed by atoms with Crippen LogP contribution >= 0.6 is 9.24 Å². The van der Waals surface area contributed by atoms with Crippen LogP contribution in [0.5, 0.6) is 0 Å². The molecule has 1 aromatic rings. The first-order valence-corrected chi connectivity index (χ1v) is 9.89. The van der Waals surface area contributed by atoms with Crippen LogP contribution in [-0.4, -0.2) is 30.6 Å². The number of hydrogen-bond donors (Lipinski definition) is 1. The summed E-state index contributed by atoms with van der Waals surface area (Å²) in [4.78, 5) is 2.29. The number of piperazine rings is 1. The van der Waals surface area contributed by atoms with E-state index < -0.39 is 18.3 Å². The molecule has 0 aromatic heterocycles. The first-order valence-electron chi connectivity index (χ1n) is 9.22. The Bertz CT molecular complexity index is 596. The van der Waals surface area contributed by atoms with Gasteiger partial charge in [-0.3, -0.25) is 0 Å². The minimum atomic E-state index is -2.59. The van der Waals surface area contributed by atoms with Crippen molar-refractivity contribution in [3.63, 3.8) is 0 Å². The maximum Gasteiger partial charge on any atom is 0.264 e. The number of nitrogens with zero attached hydrogens (tertiary/aromatic N) is 1. The average Bonchev–Trinajstić information content (AvgIpc) is 2.59. The van der Waals surface area contributed by atoms with E-state index in [-0.39, 0.29) is 5.56 Å². The molecule has 1 aromatic carbocycles. The Kier molecular flexibility index (Phi) is 5.95. The van der Waals surface area contributed by atoms with Gasteiger partial charge in [0.15, 0.2) is 0 Å². The molecule has 1 N–H and O–H groups in total. The minimum Gasteiger partial charge on any atom is -0.365 e. The van der Waals surface area contributed by atoms with Crippen LogP contribution in [0.1, 0.15) is 63.0 Å². The Hall–Kier alpha value is -0.800. The van der Waals surface area contributed by atoms with E-state index >= 15 is 0 Å². The average molecular weight is 372 g/mol. The van der Waals surface area contributed by atoms with Gasteiger partial charge in [0.25, 0.3) is 6.43 Å². The van der Waals surface area contributed by atoms with Gasteiger partial charge in [0.05, 0.1) is 0 Å². The molecule has 1 saturated heterocycles. The highest BCUT2D eigenvalue weighted by molar-refractivity contribution is 7.17. The fourth-order valence-electron chi connectivity index (χ4n) is 4.34. The molecule has 1 aliphatic heterocycles. The first kappa shape index (κ1) is 19.0. The predicted molar refractivity (Wildman–Crippen MR) is 100 cm³/mol. The number of halogens is 3. The number of hydrogen-bond acceptors (Lipinski definition) is 2. The van der Waals surface area contributed by atoms with Crippen molar-refractivity contribution in [2.45, 2.75) is 75.9 Å². The van der Waals surface area contributed by atoms with E-state index in [9.17, 15) is 13.2 Å². The van der Waals surface area contributed by atoms with E-state index in [1.807, 2.05) is 6.07 Å². The maximum absolute atomic E-state index is 13.7. The summed E-state index contributed by atoms with van der Waals surface area (Å²) in [5.74, 6) is -1.79. The van der Waals surface area contributed by atoms with Crippen molar-refractivity contribution in [3.05, 3.63) is 29.3 Å². The Morgan fingerprint density at radius 3 is 2.56 bits per heavy atom. The molecule has 2 aliphatic rings. The molecule has 25 heavy (non-hydrogen) atoms. The molecule has 140 valence electrons. The highest BCUT2D eigenvalue weighted by atomic mass is 31.0. The lowest BCUT2D eigenvalue weighted by Crippen LogP contribution is -2.62. The lowest BCUT2D eigenvalue weighted by molar-refractivity contribution is 0.149. The first-order chi connectivity index (χ1) is 11.9. The number of benzene rings is 1. The van der Waals surface area contributed by atoms with Gasteiger partial charge in [0.2, 0.25) is 0 Å². The van der Waals surface area contributed by atoms with Crippen LogP contribution in [0.3, 0.4) is 0 Å². The minimum absolute atomic E-state index is 0.0337. The molecular weight excluding hydrogens is 344 g/mol. The molecule has 1 saturated carbocycles. The topological polar surface area (TPSA) is 15.3 Å². The lowest BCUT2D eigenvalue weighted by Gasteiger charge is -2.48. The van der Waals surface area contributed by atoms with Crippen molar-refractivity contribution >= 4 is 14.9 Å². The molecule has 3 rings (SSSR count). The summed E-state index contributed by atoms with van der Waals surface area (Å²) in [6.45, 7) is 4.61. The van der Waals surface area contributed by atoms with Gasteiger partial charge in [-0.25, -0.2) is 13.2 Å². The van der Waals surface area contributed by atoms with Crippen LogP contribution in [0.15, 0.2) is 18.2 Å². The van der Waals surface area contributed by atoms with Crippen molar-refractivity contribution < 1.29 is 13.2 Å². The van der Waals surface area contributed by atoms with Gasteiger partial charge in [-0.2, -0.15) is 0 Å². The van der Waals surface area contributed by atoms with Gasteiger partial charge in [0.1, 0.15) is 5.91 Å². The number of rotatable bonds is 4. The van der Waals surface area contributed by atoms with Gasteiger partial charge >= 0.3 is 0 Å². The maximum atomic E-state index is 13.7. The molecule has 1 heterocycles. The Morgan fingerprint density at radius 1 is 1.16 bits per heavy atom. The highest BCUT2D eigenvalue weighted by Crippen LogP contribution is 2.38. The fraction of sp³-hybridized carbons (Fsp3) is 0.684. The second kappa shape index (κ2) is 7.84. The monoisotopic (exact) mass is 372 g/mol. The van der Waals surface area contributed by atoms with Crippen LogP contribution < -0.4 is 10.2 Å². The van der Waals surface area contributed by atoms with Crippen molar-refractivity contribution in [2.75, 3.05) is 11.4 Å². The predicted octanol–water partition coefficient (Wildman–Crippen LogP) is 5.01. The normalized spacial score (nSPS) is 29.4. The molecule has 2 fully saturated rings. The van der Waals surface area contributed by atoms with Crippen molar-refractivity contribution in [1.82, 2.24) is 5.32 Å². The van der Waals surface area contributed by atoms with Crippen molar-refractivity contribution in [1.29, 1.82) is 0 Å². The summed E-state index contributed by atoms with van der Waals surface area (Å²) >= 11 is 0. The quantitative estimate of drug-likeness (QED) is 0.748. The number of nitrogens with one attached hydrogen (secondary N) is 1. The summed E-state index contributed by atoms with van der Waals surface area (Å²) < 4.78 is 40.9. The number of fused-ring (bicyclic) bond motifs is 1. The molecular formula is C19H28F3N2P. The summed E-state index contributed by atoms with van der Waals surface area (Å²) in [6, 6.07) is 6.29. The van der Waals surface area contributed by atoms with Crippen LogP contribution in [0, 0.1) is 0 Å². The van der Waals surface area contributed by atoms with Crippen molar-refractivity contribution in [2.24, 2.45) is 0 Å². The summed E-state index contributed by atoms with van der Waals surface area (Å²) in [5.41, 5.74) is 1.22. The van der Waals surface area contributed by atoms with Crippen LogP contribution in [0.4, 0.5) is 18.9 Å².